The van der Waals surface area contributed by atoms with Gasteiger partial charge in [-0.05, 0) is 55.6 Å². The smallest absolute Gasteiger partial charge is 0.280 e. The van der Waals surface area contributed by atoms with Crippen molar-refractivity contribution in [3.05, 3.63) is 28.0 Å². The van der Waals surface area contributed by atoms with Gasteiger partial charge in [0.2, 0.25) is 0 Å². The summed E-state index contributed by atoms with van der Waals surface area (Å²) in [6.07, 6.45) is 4.21. The Morgan fingerprint density at radius 3 is 2.91 bits per heavy atom. The minimum atomic E-state index is -0.0166. The number of nitrogens with zero attached hydrogens (tertiary/aromatic N) is 2. The quantitative estimate of drug-likeness (QED) is 0.939. The van der Waals surface area contributed by atoms with Gasteiger partial charge in [0, 0.05) is 23.8 Å². The van der Waals surface area contributed by atoms with Gasteiger partial charge < -0.3 is 5.32 Å². The van der Waals surface area contributed by atoms with Crippen molar-refractivity contribution >= 4 is 28.6 Å². The van der Waals surface area contributed by atoms with E-state index in [1.54, 1.807) is 11.3 Å². The number of thiazole rings is 1. The molecule has 3 aliphatic heterocycles. The number of fused-ring (bicyclic) bond motifs is 3. The summed E-state index contributed by atoms with van der Waals surface area (Å²) in [5, 5.41) is 7.95. The topological polar surface area (TPSA) is 45.2 Å². The van der Waals surface area contributed by atoms with Crippen molar-refractivity contribution in [1.29, 1.82) is 0 Å². The highest BCUT2D eigenvalue weighted by molar-refractivity contribution is 7.17. The lowest BCUT2D eigenvalue weighted by Crippen LogP contribution is -2.62. The summed E-state index contributed by atoms with van der Waals surface area (Å²) in [6, 6.07) is 2.77. The average Bonchev–Trinajstić information content (AvgIpc) is 3.21. The molecular formula is C16H19N3OS2. The third-order valence-corrected chi connectivity index (χ3v) is 6.71. The number of aromatic nitrogens is 1. The number of rotatable bonds is 3. The average molecular weight is 333 g/mol. The van der Waals surface area contributed by atoms with Crippen molar-refractivity contribution in [2.45, 2.75) is 31.8 Å². The number of carbonyl (C=O) groups excluding carboxylic acids is 1. The van der Waals surface area contributed by atoms with Crippen molar-refractivity contribution in [3.8, 4) is 10.4 Å². The molecule has 3 saturated heterocycles. The summed E-state index contributed by atoms with van der Waals surface area (Å²) >= 11 is 3.14. The van der Waals surface area contributed by atoms with Crippen LogP contribution < -0.4 is 5.32 Å². The summed E-state index contributed by atoms with van der Waals surface area (Å²) in [5.41, 5.74) is 1.15. The van der Waals surface area contributed by atoms with Gasteiger partial charge in [0.25, 0.3) is 5.91 Å². The Morgan fingerprint density at radius 2 is 2.23 bits per heavy atom. The second kappa shape index (κ2) is 5.76. The van der Waals surface area contributed by atoms with Crippen molar-refractivity contribution in [3.63, 3.8) is 0 Å². The van der Waals surface area contributed by atoms with Gasteiger partial charge >= 0.3 is 0 Å². The Hall–Kier alpha value is -1.24. The van der Waals surface area contributed by atoms with Gasteiger partial charge in [0.1, 0.15) is 0 Å². The fraction of sp³-hybridized carbons (Fsp3) is 0.500. The Morgan fingerprint density at radius 1 is 1.41 bits per heavy atom. The monoisotopic (exact) mass is 333 g/mol. The van der Waals surface area contributed by atoms with Crippen LogP contribution in [0.5, 0.6) is 0 Å². The van der Waals surface area contributed by atoms with E-state index in [0.29, 0.717) is 17.0 Å². The molecule has 2 aromatic rings. The molecule has 2 aromatic heterocycles. The summed E-state index contributed by atoms with van der Waals surface area (Å²) in [5.74, 6) is 0.609. The molecule has 22 heavy (non-hydrogen) atoms. The highest BCUT2D eigenvalue weighted by Crippen LogP contribution is 2.33. The molecule has 3 aliphatic rings. The van der Waals surface area contributed by atoms with Crippen molar-refractivity contribution in [2.75, 3.05) is 13.1 Å². The first-order chi connectivity index (χ1) is 10.7. The standard InChI is InChI=1S/C16H19N3OS2/c1-10-14(11-2-5-19(10)6-3-11)18-15(20)16-17-8-13(22-16)12-4-7-21-9-12/h4,7-11,14H,2-3,5-6H2,1H3,(H,18,20). The summed E-state index contributed by atoms with van der Waals surface area (Å²) in [6.45, 7) is 4.59. The van der Waals surface area contributed by atoms with Crippen LogP contribution in [-0.4, -0.2) is 41.0 Å². The minimum absolute atomic E-state index is 0.0166. The maximum atomic E-state index is 12.5. The number of carbonyl (C=O) groups is 1. The predicted molar refractivity (Wildman–Crippen MR) is 90.4 cm³/mol. The zero-order valence-electron chi connectivity index (χ0n) is 12.5. The second-order valence-corrected chi connectivity index (χ2v) is 7.97. The van der Waals surface area contributed by atoms with Gasteiger partial charge in [-0.1, -0.05) is 0 Å². The first-order valence-corrected chi connectivity index (χ1v) is 9.51. The van der Waals surface area contributed by atoms with E-state index in [1.807, 2.05) is 11.6 Å². The van der Waals surface area contributed by atoms with Gasteiger partial charge in [-0.3, -0.25) is 9.69 Å². The molecular weight excluding hydrogens is 314 g/mol. The van der Waals surface area contributed by atoms with Gasteiger partial charge in [-0.25, -0.2) is 4.98 Å². The normalized spacial score (nSPS) is 30.4. The van der Waals surface area contributed by atoms with Crippen LogP contribution in [-0.2, 0) is 0 Å². The van der Waals surface area contributed by atoms with E-state index < -0.39 is 0 Å². The van der Waals surface area contributed by atoms with Crippen LogP contribution in [0.4, 0.5) is 0 Å². The van der Waals surface area contributed by atoms with Crippen LogP contribution in [0.25, 0.3) is 10.4 Å². The number of amides is 1. The second-order valence-electron chi connectivity index (χ2n) is 6.15. The molecule has 116 valence electrons. The molecule has 0 aliphatic carbocycles. The Labute approximate surface area is 138 Å². The van der Waals surface area contributed by atoms with Crippen molar-refractivity contribution in [2.24, 2.45) is 5.92 Å². The Bertz CT molecular complexity index is 657. The van der Waals surface area contributed by atoms with E-state index in [4.69, 9.17) is 0 Å². The number of thiophene rings is 1. The maximum Gasteiger partial charge on any atom is 0.280 e. The lowest BCUT2D eigenvalue weighted by atomic mass is 9.79. The molecule has 0 radical (unpaired) electrons. The van der Waals surface area contributed by atoms with Crippen LogP contribution in [0.3, 0.4) is 0 Å². The summed E-state index contributed by atoms with van der Waals surface area (Å²) in [4.78, 5) is 20.4. The number of hydrogen-bond donors (Lipinski definition) is 1. The minimum Gasteiger partial charge on any atom is -0.345 e. The third-order valence-electron chi connectivity index (χ3n) is 4.98. The lowest BCUT2D eigenvalue weighted by molar-refractivity contribution is 0.0217. The Kier molecular flexibility index (Phi) is 3.76. The lowest BCUT2D eigenvalue weighted by Gasteiger charge is -2.49. The molecule has 0 saturated carbocycles. The molecule has 6 heteroatoms. The van der Waals surface area contributed by atoms with E-state index in [2.05, 4.69) is 33.6 Å². The van der Waals surface area contributed by atoms with Gasteiger partial charge in [-0.15, -0.1) is 11.3 Å². The number of piperidine rings is 3. The molecule has 2 atom stereocenters. The summed E-state index contributed by atoms with van der Waals surface area (Å²) in [7, 11) is 0. The molecule has 1 amide bonds. The largest absolute Gasteiger partial charge is 0.345 e. The van der Waals surface area contributed by atoms with Crippen molar-refractivity contribution < 1.29 is 4.79 Å². The molecule has 3 fully saturated rings. The first-order valence-electron chi connectivity index (χ1n) is 7.75. The maximum absolute atomic E-state index is 12.5. The van der Waals surface area contributed by atoms with E-state index in [-0.39, 0.29) is 11.9 Å². The molecule has 2 unspecified atom stereocenters. The van der Waals surface area contributed by atoms with Gasteiger partial charge in [-0.2, -0.15) is 11.3 Å². The molecule has 1 N–H and O–H groups in total. The SMILES string of the molecule is CC1C(NC(=O)c2ncc(-c3ccsc3)s2)C2CCN1CC2. The molecule has 5 heterocycles. The Balaban J connectivity index is 1.48. The zero-order chi connectivity index (χ0) is 15.1. The van der Waals surface area contributed by atoms with Crippen LogP contribution in [0.2, 0.25) is 0 Å². The van der Waals surface area contributed by atoms with E-state index in [9.17, 15) is 4.79 Å². The molecule has 0 spiro atoms. The van der Waals surface area contributed by atoms with Crippen molar-refractivity contribution in [1.82, 2.24) is 15.2 Å². The van der Waals surface area contributed by atoms with E-state index in [1.165, 1.54) is 37.3 Å². The third kappa shape index (κ3) is 2.49. The number of hydrogen-bond acceptors (Lipinski definition) is 5. The first kappa shape index (κ1) is 14.4. The van der Waals surface area contributed by atoms with Crippen LogP contribution in [0, 0.1) is 5.92 Å². The highest BCUT2D eigenvalue weighted by Gasteiger charge is 2.40. The fourth-order valence-corrected chi connectivity index (χ4v) is 5.22. The number of nitrogens with one attached hydrogen (secondary N) is 1. The zero-order valence-corrected chi connectivity index (χ0v) is 14.1. The van der Waals surface area contributed by atoms with Crippen LogP contribution in [0.15, 0.2) is 23.0 Å². The van der Waals surface area contributed by atoms with E-state index >= 15 is 0 Å². The van der Waals surface area contributed by atoms with Gasteiger partial charge in [0.05, 0.1) is 4.88 Å². The fourth-order valence-electron chi connectivity index (χ4n) is 3.68. The molecule has 2 bridgehead atoms. The molecule has 0 aromatic carbocycles. The van der Waals surface area contributed by atoms with Gasteiger partial charge in [0.15, 0.2) is 5.01 Å². The molecule has 4 nitrogen and oxygen atoms in total. The van der Waals surface area contributed by atoms with E-state index in [0.717, 1.165) is 10.4 Å². The predicted octanol–water partition coefficient (Wildman–Crippen LogP) is 3.08. The van der Waals surface area contributed by atoms with Crippen LogP contribution >= 0.6 is 22.7 Å². The summed E-state index contributed by atoms with van der Waals surface area (Å²) < 4.78 is 0. The highest BCUT2D eigenvalue weighted by atomic mass is 32.1. The molecule has 5 rings (SSSR count). The van der Waals surface area contributed by atoms with Crippen LogP contribution in [0.1, 0.15) is 29.6 Å².